The van der Waals surface area contributed by atoms with Crippen LogP contribution in [0.4, 0.5) is 34.5 Å². The van der Waals surface area contributed by atoms with Gasteiger partial charge in [0.2, 0.25) is 11.8 Å². The van der Waals surface area contributed by atoms with Crippen LogP contribution in [0.1, 0.15) is 58.2 Å². The van der Waals surface area contributed by atoms with Crippen molar-refractivity contribution in [1.82, 2.24) is 0 Å². The van der Waals surface area contributed by atoms with Crippen molar-refractivity contribution in [2.75, 3.05) is 9.80 Å². The van der Waals surface area contributed by atoms with Crippen molar-refractivity contribution >= 4 is 165 Å². The first kappa shape index (κ1) is 50.1. The Kier molecular flexibility index (Phi) is 10.9. The van der Waals surface area contributed by atoms with Crippen molar-refractivity contribution < 1.29 is 8.83 Å². The molecule has 2 aliphatic rings. The molecule has 2 aliphatic heterocycles. The topological polar surface area (TPSA) is 32.8 Å². The summed E-state index contributed by atoms with van der Waals surface area (Å²) in [5.74, 6) is 1.67. The van der Waals surface area contributed by atoms with Crippen LogP contribution in [0.5, 0.6) is 0 Å². The summed E-state index contributed by atoms with van der Waals surface area (Å²) in [4.78, 5) is 9.86. The second kappa shape index (κ2) is 18.3. The fourth-order valence-electron chi connectivity index (χ4n) is 13.2. The van der Waals surface area contributed by atoms with Gasteiger partial charge in [-0.2, -0.15) is 0 Å². The Bertz CT molecular complexity index is 4600. The van der Waals surface area contributed by atoms with E-state index in [1.807, 2.05) is 45.3 Å². The number of rotatable bonds is 6. The summed E-state index contributed by atoms with van der Waals surface area (Å²) in [6.45, 7) is 15.9. The molecular weight excluding hydrogens is 1100 g/mol. The molecule has 0 N–H and O–H groups in total. The summed E-state index contributed by atoms with van der Waals surface area (Å²) in [6.07, 6.45) is 0. The molecule has 4 nitrogen and oxygen atoms in total. The second-order valence-corrected chi connectivity index (χ2v) is 29.4. The molecule has 0 saturated carbocycles. The molecule has 0 atom stereocenters. The van der Waals surface area contributed by atoms with Crippen LogP contribution in [0.25, 0.3) is 104 Å². The van der Waals surface area contributed by atoms with Crippen LogP contribution in [0.3, 0.4) is 0 Å². The van der Waals surface area contributed by atoms with E-state index in [9.17, 15) is 0 Å². The van der Waals surface area contributed by atoms with Crippen LogP contribution in [0.15, 0.2) is 215 Å². The lowest BCUT2D eigenvalue weighted by molar-refractivity contribution is 0.589. The first-order valence-electron chi connectivity index (χ1n) is 28.9. The maximum Gasteiger partial charge on any atom is 0.262 e. The van der Waals surface area contributed by atoms with Crippen LogP contribution in [0.2, 0.25) is 0 Å². The third-order valence-corrected chi connectivity index (χ3v) is 22.0. The number of aryl methyl sites for hydroxylation is 1. The highest BCUT2D eigenvalue weighted by molar-refractivity contribution is 7.23. The summed E-state index contributed by atoms with van der Waals surface area (Å²) in [7, 11) is 0. The molecule has 0 radical (unpaired) electrons. The number of nitrogens with zero attached hydrogens (tertiary/aromatic N) is 2. The zero-order chi connectivity index (χ0) is 56.5. The van der Waals surface area contributed by atoms with Crippen molar-refractivity contribution in [3.63, 3.8) is 0 Å². The van der Waals surface area contributed by atoms with Gasteiger partial charge in [-0.1, -0.05) is 126 Å². The highest BCUT2D eigenvalue weighted by Crippen LogP contribution is 2.52. The Morgan fingerprint density at radius 1 is 0.357 bits per heavy atom. The average molecular weight is 1160 g/mol. The number of anilines is 6. The number of hydrogen-bond donors (Lipinski definition) is 0. The Hall–Kier alpha value is -8.44. The van der Waals surface area contributed by atoms with E-state index in [1.54, 1.807) is 0 Å². The van der Waals surface area contributed by atoms with Crippen molar-refractivity contribution in [1.29, 1.82) is 0 Å². The molecule has 0 fully saturated rings. The highest BCUT2D eigenvalue weighted by atomic mass is 32.1. The van der Waals surface area contributed by atoms with Gasteiger partial charge in [0.05, 0.1) is 11.4 Å². The van der Waals surface area contributed by atoms with Gasteiger partial charge in [0.15, 0.2) is 0 Å². The lowest BCUT2D eigenvalue weighted by atomic mass is 9.33. The molecule has 0 bridgehead atoms. The Labute approximate surface area is 504 Å². The third-order valence-electron chi connectivity index (χ3n) is 17.4. The lowest BCUT2D eigenvalue weighted by Crippen LogP contribution is -2.60. The molecule has 0 saturated heterocycles. The van der Waals surface area contributed by atoms with Gasteiger partial charge in [-0.05, 0) is 205 Å². The van der Waals surface area contributed by atoms with Crippen LogP contribution in [-0.4, -0.2) is 6.71 Å². The smallest absolute Gasteiger partial charge is 0.262 e. The van der Waals surface area contributed by atoms with Gasteiger partial charge in [0.25, 0.3) is 6.71 Å². The molecule has 15 aromatic rings. The first-order chi connectivity index (χ1) is 40.7. The summed E-state index contributed by atoms with van der Waals surface area (Å²) in [6, 6.07) is 77.6. The van der Waals surface area contributed by atoms with Gasteiger partial charge < -0.3 is 8.83 Å². The van der Waals surface area contributed by atoms with Crippen LogP contribution >= 0.6 is 45.3 Å². The maximum absolute atomic E-state index is 7.57. The highest BCUT2D eigenvalue weighted by Gasteiger charge is 2.49. The molecule has 404 valence electrons. The zero-order valence-corrected chi connectivity index (χ0v) is 50.8. The minimum atomic E-state index is -0.262. The van der Waals surface area contributed by atoms with Gasteiger partial charge >= 0.3 is 0 Å². The molecule has 8 heterocycles. The number of furan rings is 2. The molecule has 84 heavy (non-hydrogen) atoms. The largest absolute Gasteiger partial charge is 0.440 e. The summed E-state index contributed by atoms with van der Waals surface area (Å²) < 4.78 is 20.2. The predicted octanol–water partition coefficient (Wildman–Crippen LogP) is 21.7. The van der Waals surface area contributed by atoms with Crippen molar-refractivity contribution in [3.05, 3.63) is 223 Å². The Balaban J connectivity index is 0.986. The molecular formula is C75H55BN2O2S4. The van der Waals surface area contributed by atoms with Crippen molar-refractivity contribution in [2.24, 2.45) is 0 Å². The van der Waals surface area contributed by atoms with Crippen molar-refractivity contribution in [3.8, 4) is 41.8 Å². The minimum absolute atomic E-state index is 0.116. The molecule has 0 spiro atoms. The zero-order valence-electron chi connectivity index (χ0n) is 47.6. The lowest BCUT2D eigenvalue weighted by Gasteiger charge is -2.41. The van der Waals surface area contributed by atoms with E-state index in [1.165, 1.54) is 98.7 Å². The fraction of sp³-hybridized carbons (Fsp3) is 0.120. The first-order valence-corrected chi connectivity index (χ1v) is 32.1. The molecule has 17 rings (SSSR count). The molecule has 9 aromatic carbocycles. The maximum atomic E-state index is 7.57. The second-order valence-electron chi connectivity index (χ2n) is 25.0. The summed E-state index contributed by atoms with van der Waals surface area (Å²) in [5.41, 5.74) is 17.6. The standard InChI is InChI=1S/C75H55BN2O2S4/c1-42-28-57-71-58(29-42)78(54-34-49(67-38-45-18-10-14-22-63(45)83-67)31-50(35-54)68-39-46-19-11-15-23-64(46)84-68)73-70(56-41-52(75(5,6)7)25-27-60(56)80-73)76(71)69-55-40-51(74(2,3)4)24-26-59(55)79-72(69)77(57)53-32-47(65-36-43-16-8-12-20-61(43)81-65)30-48(33-53)66-37-44-17-9-13-21-62(44)82-66/h8-41H,1-7H3. The Morgan fingerprint density at radius 2 is 0.690 bits per heavy atom. The van der Waals surface area contributed by atoms with E-state index in [2.05, 4.69) is 265 Å². The van der Waals surface area contributed by atoms with Gasteiger partial charge in [-0.15, -0.1) is 45.3 Å². The van der Waals surface area contributed by atoms with Gasteiger partial charge in [-0.3, -0.25) is 9.80 Å². The molecule has 0 aliphatic carbocycles. The summed E-state index contributed by atoms with van der Waals surface area (Å²) >= 11 is 7.41. The van der Waals surface area contributed by atoms with Crippen LogP contribution < -0.4 is 26.2 Å². The SMILES string of the molecule is Cc1cc2c3c(c1)N(c1cc(-c4cc5ccccc5s4)cc(-c4cc5ccccc5s4)c1)c1oc4ccc(C(C)(C)C)cc4c1B3c1c(oc3ccc(C(C)(C)C)cc13)N2c1cc(-c2cc3ccccc3s2)cc(-c2cc3ccccc3s2)c1. The van der Waals surface area contributed by atoms with E-state index in [0.29, 0.717) is 0 Å². The van der Waals surface area contributed by atoms with Crippen LogP contribution in [0, 0.1) is 6.92 Å². The van der Waals surface area contributed by atoms with E-state index in [0.717, 1.165) is 72.9 Å². The van der Waals surface area contributed by atoms with Gasteiger partial charge in [0, 0.05) is 71.4 Å². The van der Waals surface area contributed by atoms with E-state index >= 15 is 0 Å². The predicted molar refractivity (Wildman–Crippen MR) is 365 cm³/mol. The normalized spacial score (nSPS) is 13.3. The minimum Gasteiger partial charge on any atom is -0.440 e. The van der Waals surface area contributed by atoms with E-state index in [4.69, 9.17) is 8.83 Å². The average Bonchev–Trinajstić information content (AvgIpc) is 1.49. The molecule has 0 unspecified atom stereocenters. The van der Waals surface area contributed by atoms with Gasteiger partial charge in [0.1, 0.15) is 11.2 Å². The van der Waals surface area contributed by atoms with Gasteiger partial charge in [-0.25, -0.2) is 0 Å². The number of hydrogen-bond acceptors (Lipinski definition) is 8. The third kappa shape index (κ3) is 7.89. The van der Waals surface area contributed by atoms with E-state index < -0.39 is 0 Å². The number of fused-ring (bicyclic) bond motifs is 12. The van der Waals surface area contributed by atoms with Crippen LogP contribution in [-0.2, 0) is 10.8 Å². The Morgan fingerprint density at radius 3 is 1.01 bits per heavy atom. The monoisotopic (exact) mass is 1150 g/mol. The summed E-state index contributed by atoms with van der Waals surface area (Å²) in [5, 5.41) is 7.24. The number of thiophene rings is 4. The fourth-order valence-corrected chi connectivity index (χ4v) is 17.4. The quantitative estimate of drug-likeness (QED) is 0.155. The molecule has 6 aromatic heterocycles. The number of benzene rings is 9. The molecule has 9 heteroatoms. The molecule has 0 amide bonds. The van der Waals surface area contributed by atoms with E-state index in [-0.39, 0.29) is 17.5 Å². The van der Waals surface area contributed by atoms with Crippen molar-refractivity contribution in [2.45, 2.75) is 59.3 Å².